The number of carbonyl (C=O) groups excluding carboxylic acids is 3. The van der Waals surface area contributed by atoms with Gasteiger partial charge in [0.25, 0.3) is 18.8 Å². The number of para-hydroxylation sites is 1. The van der Waals surface area contributed by atoms with Crippen LogP contribution in [0.4, 0.5) is 23.4 Å². The monoisotopic (exact) mass is 587 g/mol. The van der Waals surface area contributed by atoms with Crippen LogP contribution in [-0.4, -0.2) is 50.5 Å². The minimum absolute atomic E-state index is 0.0146. The van der Waals surface area contributed by atoms with Gasteiger partial charge in [-0.15, -0.1) is 11.3 Å². The molecular weight excluding hydrogens is 566 g/mol. The number of ether oxygens (including phenoxy) is 1. The maximum atomic E-state index is 13.2. The van der Waals surface area contributed by atoms with Crippen molar-refractivity contribution in [3.63, 3.8) is 0 Å². The van der Waals surface area contributed by atoms with Crippen LogP contribution >= 0.6 is 22.9 Å². The van der Waals surface area contributed by atoms with Gasteiger partial charge in [0.1, 0.15) is 23.8 Å². The highest BCUT2D eigenvalue weighted by Gasteiger charge is 2.28. The highest BCUT2D eigenvalue weighted by Crippen LogP contribution is 2.33. The van der Waals surface area contributed by atoms with Crippen LogP contribution in [-0.2, 0) is 16.1 Å². The Bertz CT molecular complexity index is 1370. The molecule has 0 radical (unpaired) electrons. The van der Waals surface area contributed by atoms with Crippen LogP contribution in [0.1, 0.15) is 65.3 Å². The minimum Gasteiger partial charge on any atom is -0.424 e. The lowest BCUT2D eigenvalue weighted by Crippen LogP contribution is -2.40. The third-order valence-corrected chi connectivity index (χ3v) is 7.28. The van der Waals surface area contributed by atoms with Crippen molar-refractivity contribution in [3.05, 3.63) is 56.6 Å². The van der Waals surface area contributed by atoms with E-state index in [9.17, 15) is 31.9 Å². The number of rotatable bonds is 8. The molecule has 0 saturated carbocycles. The second kappa shape index (κ2) is 12.1. The minimum atomic E-state index is -3.05. The Balaban J connectivity index is 1.35. The van der Waals surface area contributed by atoms with Crippen molar-refractivity contribution in [2.24, 2.45) is 0 Å². The van der Waals surface area contributed by atoms with E-state index in [0.29, 0.717) is 42.5 Å². The Morgan fingerprint density at radius 2 is 1.90 bits per heavy atom. The predicted molar refractivity (Wildman–Crippen MR) is 134 cm³/mol. The van der Waals surface area contributed by atoms with E-state index in [-0.39, 0.29) is 22.3 Å². The number of hydrogen-bond acceptors (Lipinski definition) is 7. The highest BCUT2D eigenvalue weighted by atomic mass is 35.5. The first-order valence-electron chi connectivity index (χ1n) is 11.7. The van der Waals surface area contributed by atoms with E-state index in [4.69, 9.17) is 16.3 Å². The fourth-order valence-corrected chi connectivity index (χ4v) is 5.25. The summed E-state index contributed by atoms with van der Waals surface area (Å²) >= 11 is 7.40. The summed E-state index contributed by atoms with van der Waals surface area (Å²) in [4.78, 5) is 42.8. The Morgan fingerprint density at radius 3 is 2.54 bits per heavy atom. The molecule has 3 aromatic rings. The van der Waals surface area contributed by atoms with E-state index in [0.717, 1.165) is 5.01 Å². The van der Waals surface area contributed by atoms with Gasteiger partial charge in [-0.3, -0.25) is 19.1 Å². The fourth-order valence-electron chi connectivity index (χ4n) is 4.12. The molecule has 0 unspecified atom stereocenters. The maximum absolute atomic E-state index is 13.2. The summed E-state index contributed by atoms with van der Waals surface area (Å²) in [5.74, 6) is -1.48. The molecule has 4 rings (SSSR count). The summed E-state index contributed by atoms with van der Waals surface area (Å²) in [5.41, 5.74) is -1.47. The number of alkyl halides is 4. The normalized spacial score (nSPS) is 14.2. The van der Waals surface area contributed by atoms with E-state index in [2.05, 4.69) is 15.4 Å². The number of hydrogen-bond donors (Lipinski definition) is 1. The van der Waals surface area contributed by atoms with E-state index >= 15 is 0 Å². The summed E-state index contributed by atoms with van der Waals surface area (Å²) in [6.07, 6.45) is -5.01. The lowest BCUT2D eigenvalue weighted by atomic mass is 9.97. The van der Waals surface area contributed by atoms with Gasteiger partial charge >= 0.3 is 5.97 Å². The molecule has 1 N–H and O–H groups in total. The van der Waals surface area contributed by atoms with Gasteiger partial charge in [0.05, 0.1) is 15.6 Å². The van der Waals surface area contributed by atoms with E-state index < -0.39 is 48.6 Å². The quantitative estimate of drug-likeness (QED) is 0.213. The molecule has 2 amide bonds. The van der Waals surface area contributed by atoms with E-state index in [1.165, 1.54) is 35.3 Å². The number of thiazole rings is 1. The van der Waals surface area contributed by atoms with Gasteiger partial charge in [-0.1, -0.05) is 17.7 Å². The van der Waals surface area contributed by atoms with Crippen molar-refractivity contribution in [1.82, 2.24) is 19.7 Å². The average Bonchev–Trinajstić information content (AvgIpc) is 3.52. The van der Waals surface area contributed by atoms with Gasteiger partial charge in [0.2, 0.25) is 5.91 Å². The second-order valence-electron chi connectivity index (χ2n) is 8.64. The number of amides is 2. The zero-order valence-corrected chi connectivity index (χ0v) is 21.9. The van der Waals surface area contributed by atoms with Crippen molar-refractivity contribution in [1.29, 1.82) is 0 Å². The average molecular weight is 588 g/mol. The van der Waals surface area contributed by atoms with Gasteiger partial charge < -0.3 is 15.0 Å². The molecule has 0 aliphatic carbocycles. The molecule has 1 aliphatic heterocycles. The third-order valence-electron chi connectivity index (χ3n) is 5.98. The zero-order chi connectivity index (χ0) is 28.3. The first-order chi connectivity index (χ1) is 18.5. The molecule has 0 atom stereocenters. The van der Waals surface area contributed by atoms with Crippen molar-refractivity contribution >= 4 is 46.5 Å². The molecule has 9 nitrogen and oxygen atoms in total. The van der Waals surface area contributed by atoms with Gasteiger partial charge in [-0.25, -0.2) is 22.5 Å². The van der Waals surface area contributed by atoms with Crippen LogP contribution in [0.25, 0.3) is 0 Å². The van der Waals surface area contributed by atoms with Crippen LogP contribution in [0, 0.1) is 0 Å². The molecule has 1 aliphatic rings. The summed E-state index contributed by atoms with van der Waals surface area (Å²) in [5, 5.41) is 8.62. The van der Waals surface area contributed by atoms with Crippen molar-refractivity contribution in [2.45, 2.75) is 45.1 Å². The van der Waals surface area contributed by atoms with Gasteiger partial charge in [-0.2, -0.15) is 5.10 Å². The number of likely N-dealkylation sites (tertiary alicyclic amines) is 1. The number of nitrogens with one attached hydrogen (secondary N) is 1. The molecule has 39 heavy (non-hydrogen) atoms. The lowest BCUT2D eigenvalue weighted by molar-refractivity contribution is -0.133. The summed E-state index contributed by atoms with van der Waals surface area (Å²) < 4.78 is 57.9. The molecule has 15 heteroatoms. The Kier molecular flexibility index (Phi) is 8.85. The SMILES string of the molecule is CC(=O)Oc1c(Cl)cccc1C(=O)Nc1csc(C2CCN(C(=O)Cn3nc(C(F)F)cc3C(F)F)CC2)n1. The lowest BCUT2D eigenvalue weighted by Gasteiger charge is -2.31. The Labute approximate surface area is 228 Å². The van der Waals surface area contributed by atoms with Crippen LogP contribution in [0.3, 0.4) is 0 Å². The smallest absolute Gasteiger partial charge is 0.308 e. The van der Waals surface area contributed by atoms with Crippen LogP contribution in [0.5, 0.6) is 5.75 Å². The maximum Gasteiger partial charge on any atom is 0.308 e. The van der Waals surface area contributed by atoms with Gasteiger partial charge in [0.15, 0.2) is 5.75 Å². The molecule has 208 valence electrons. The van der Waals surface area contributed by atoms with Crippen LogP contribution in [0.2, 0.25) is 5.02 Å². The zero-order valence-electron chi connectivity index (χ0n) is 20.4. The number of benzene rings is 1. The fraction of sp³-hybridized carbons (Fsp3) is 0.375. The van der Waals surface area contributed by atoms with Gasteiger partial charge in [-0.05, 0) is 31.0 Å². The molecule has 0 bridgehead atoms. The van der Waals surface area contributed by atoms with E-state index in [1.807, 2.05) is 0 Å². The van der Waals surface area contributed by atoms with Crippen LogP contribution < -0.4 is 10.1 Å². The largest absolute Gasteiger partial charge is 0.424 e. The van der Waals surface area contributed by atoms with Gasteiger partial charge in [0, 0.05) is 31.3 Å². The van der Waals surface area contributed by atoms with E-state index in [1.54, 1.807) is 11.4 Å². The summed E-state index contributed by atoms with van der Waals surface area (Å²) in [7, 11) is 0. The summed E-state index contributed by atoms with van der Waals surface area (Å²) in [6.45, 7) is 1.25. The van der Waals surface area contributed by atoms with Crippen molar-refractivity contribution < 1.29 is 36.7 Å². The first-order valence-corrected chi connectivity index (χ1v) is 12.9. The third kappa shape index (κ3) is 6.74. The topological polar surface area (TPSA) is 106 Å². The first kappa shape index (κ1) is 28.5. The molecule has 0 spiro atoms. The Morgan fingerprint density at radius 1 is 1.18 bits per heavy atom. The number of carbonyl (C=O) groups is 3. The molecule has 2 aromatic heterocycles. The number of anilines is 1. The molecule has 1 aromatic carbocycles. The number of halogens is 5. The number of esters is 1. The summed E-state index contributed by atoms with van der Waals surface area (Å²) in [6, 6.07) is 5.10. The standard InChI is InChI=1S/C24H22ClF4N5O4S/c1-12(35)38-20-14(3-2-4-15(20)25)23(37)30-18-11-39-24(31-18)13-5-7-33(8-6-13)19(36)10-34-17(22(28)29)9-16(32-34)21(26)27/h2-4,9,11,13,21-22H,5-8,10H2,1H3,(H,30,37). The molecule has 1 saturated heterocycles. The number of aromatic nitrogens is 3. The van der Waals surface area contributed by atoms with Crippen molar-refractivity contribution in [2.75, 3.05) is 18.4 Å². The number of piperidine rings is 1. The molecular formula is C24H22ClF4N5O4S. The number of nitrogens with zero attached hydrogens (tertiary/aromatic N) is 4. The predicted octanol–water partition coefficient (Wildman–Crippen LogP) is 5.45. The van der Waals surface area contributed by atoms with Crippen molar-refractivity contribution in [3.8, 4) is 5.75 Å². The molecule has 1 fully saturated rings. The van der Waals surface area contributed by atoms with Crippen LogP contribution in [0.15, 0.2) is 29.6 Å². The molecule has 3 heterocycles. The highest BCUT2D eigenvalue weighted by molar-refractivity contribution is 7.10. The Hall–Kier alpha value is -3.52. The second-order valence-corrected chi connectivity index (χ2v) is 9.94.